The van der Waals surface area contributed by atoms with Crippen molar-refractivity contribution in [2.24, 2.45) is 0 Å². The summed E-state index contributed by atoms with van der Waals surface area (Å²) in [5.41, 5.74) is 2.98. The van der Waals surface area contributed by atoms with Gasteiger partial charge in [0.25, 0.3) is 5.91 Å². The molecule has 0 atom stereocenters. The van der Waals surface area contributed by atoms with Gasteiger partial charge in [0, 0.05) is 30.0 Å². The second-order valence-electron chi connectivity index (χ2n) is 6.67. The van der Waals surface area contributed by atoms with Crippen molar-refractivity contribution in [2.75, 3.05) is 6.54 Å². The van der Waals surface area contributed by atoms with E-state index in [0.29, 0.717) is 25.5 Å². The van der Waals surface area contributed by atoms with Crippen LogP contribution in [0.2, 0.25) is 0 Å². The molecule has 2 aromatic heterocycles. The van der Waals surface area contributed by atoms with E-state index < -0.39 is 0 Å². The topological polar surface area (TPSA) is 77.0 Å². The third-order valence-corrected chi connectivity index (χ3v) is 5.35. The summed E-state index contributed by atoms with van der Waals surface area (Å²) in [6, 6.07) is 17.5. The van der Waals surface area contributed by atoms with E-state index in [2.05, 4.69) is 20.3 Å². The van der Waals surface area contributed by atoms with Crippen molar-refractivity contribution in [2.45, 2.75) is 13.0 Å². The summed E-state index contributed by atoms with van der Waals surface area (Å²) >= 11 is 1.49. The Bertz CT molecular complexity index is 1150. The number of carbonyl (C=O) groups is 1. The second-order valence-corrected chi connectivity index (χ2v) is 7.53. The zero-order chi connectivity index (χ0) is 21.5. The van der Waals surface area contributed by atoms with Crippen LogP contribution < -0.4 is 10.1 Å². The lowest BCUT2D eigenvalue weighted by Crippen LogP contribution is -2.26. The first-order chi connectivity index (χ1) is 15.2. The lowest BCUT2D eigenvalue weighted by molar-refractivity contribution is 0.0948. The number of benzene rings is 2. The third kappa shape index (κ3) is 5.70. The highest BCUT2D eigenvalue weighted by molar-refractivity contribution is 7.13. The number of hydrogen-bond donors (Lipinski definition) is 1. The van der Waals surface area contributed by atoms with E-state index in [0.717, 1.165) is 21.8 Å². The minimum Gasteiger partial charge on any atom is -0.473 e. The summed E-state index contributed by atoms with van der Waals surface area (Å²) in [5, 5.41) is 5.59. The molecule has 0 spiro atoms. The SMILES string of the molecule is O=C(NCCc1csc(-c2ccc(F)cc2)n1)c1cc(OCc2ccccc2)ncn1. The summed E-state index contributed by atoms with van der Waals surface area (Å²) in [6.45, 7) is 0.773. The summed E-state index contributed by atoms with van der Waals surface area (Å²) in [5.74, 6) is -0.241. The van der Waals surface area contributed by atoms with Crippen molar-refractivity contribution >= 4 is 17.2 Å². The summed E-state index contributed by atoms with van der Waals surface area (Å²) in [7, 11) is 0. The number of thiazole rings is 1. The Morgan fingerprint density at radius 2 is 1.87 bits per heavy atom. The second kappa shape index (κ2) is 9.90. The van der Waals surface area contributed by atoms with Gasteiger partial charge < -0.3 is 10.1 Å². The number of rotatable bonds is 8. The predicted octanol–water partition coefficient (Wildman–Crippen LogP) is 4.29. The van der Waals surface area contributed by atoms with Crippen molar-refractivity contribution in [1.29, 1.82) is 0 Å². The average molecular weight is 434 g/mol. The Balaban J connectivity index is 1.28. The molecule has 0 unspecified atom stereocenters. The van der Waals surface area contributed by atoms with Gasteiger partial charge in [-0.05, 0) is 29.8 Å². The van der Waals surface area contributed by atoms with Gasteiger partial charge in [-0.1, -0.05) is 30.3 Å². The Kier molecular flexibility index (Phi) is 6.59. The largest absolute Gasteiger partial charge is 0.473 e. The van der Waals surface area contributed by atoms with Crippen LogP contribution in [-0.4, -0.2) is 27.4 Å². The Morgan fingerprint density at radius 3 is 2.68 bits per heavy atom. The molecular weight excluding hydrogens is 415 g/mol. The van der Waals surface area contributed by atoms with E-state index in [1.165, 1.54) is 35.9 Å². The van der Waals surface area contributed by atoms with Crippen molar-refractivity contribution in [3.05, 3.63) is 95.1 Å². The van der Waals surface area contributed by atoms with Gasteiger partial charge in [0.05, 0.1) is 5.69 Å². The summed E-state index contributed by atoms with van der Waals surface area (Å²) in [6.07, 6.45) is 1.89. The monoisotopic (exact) mass is 434 g/mol. The molecule has 0 aliphatic carbocycles. The fraction of sp³-hybridized carbons (Fsp3) is 0.130. The standard InChI is InChI=1S/C23H19FN4O2S/c24-18-8-6-17(7-9-18)23-28-19(14-31-23)10-11-25-22(29)20-12-21(27-15-26-20)30-13-16-4-2-1-3-5-16/h1-9,12,14-15H,10-11,13H2,(H,25,29). The van der Waals surface area contributed by atoms with Crippen LogP contribution in [0.5, 0.6) is 5.88 Å². The molecule has 1 N–H and O–H groups in total. The van der Waals surface area contributed by atoms with E-state index in [1.54, 1.807) is 12.1 Å². The number of carbonyl (C=O) groups excluding carboxylic acids is 1. The maximum Gasteiger partial charge on any atom is 0.270 e. The number of aromatic nitrogens is 3. The Morgan fingerprint density at radius 1 is 1.06 bits per heavy atom. The van der Waals surface area contributed by atoms with Crippen LogP contribution in [0.25, 0.3) is 10.6 Å². The molecule has 0 aliphatic heterocycles. The van der Waals surface area contributed by atoms with Gasteiger partial charge in [-0.3, -0.25) is 4.79 Å². The highest BCUT2D eigenvalue weighted by Crippen LogP contribution is 2.24. The zero-order valence-electron chi connectivity index (χ0n) is 16.5. The first-order valence-electron chi connectivity index (χ1n) is 9.65. The molecule has 0 radical (unpaired) electrons. The molecule has 4 aromatic rings. The fourth-order valence-corrected chi connectivity index (χ4v) is 3.68. The van der Waals surface area contributed by atoms with Crippen LogP contribution in [0.1, 0.15) is 21.7 Å². The van der Waals surface area contributed by atoms with Crippen LogP contribution >= 0.6 is 11.3 Å². The highest BCUT2D eigenvalue weighted by Gasteiger charge is 2.10. The fourth-order valence-electron chi connectivity index (χ4n) is 2.82. The van der Waals surface area contributed by atoms with E-state index >= 15 is 0 Å². The highest BCUT2D eigenvalue weighted by atomic mass is 32.1. The van der Waals surface area contributed by atoms with Crippen molar-refractivity contribution in [3.8, 4) is 16.5 Å². The minimum atomic E-state index is -0.305. The number of amides is 1. The number of nitrogens with zero attached hydrogens (tertiary/aromatic N) is 3. The average Bonchev–Trinajstić information content (AvgIpc) is 3.28. The van der Waals surface area contributed by atoms with Gasteiger partial charge in [-0.15, -0.1) is 11.3 Å². The smallest absolute Gasteiger partial charge is 0.270 e. The minimum absolute atomic E-state index is 0.239. The maximum absolute atomic E-state index is 13.1. The number of hydrogen-bond acceptors (Lipinski definition) is 6. The van der Waals surface area contributed by atoms with Gasteiger partial charge in [-0.25, -0.2) is 19.3 Å². The molecule has 0 saturated carbocycles. The summed E-state index contributed by atoms with van der Waals surface area (Å²) < 4.78 is 18.7. The lowest BCUT2D eigenvalue weighted by Gasteiger charge is -2.07. The molecule has 8 heteroatoms. The van der Waals surface area contributed by atoms with E-state index in [4.69, 9.17) is 4.74 Å². The zero-order valence-corrected chi connectivity index (χ0v) is 17.3. The van der Waals surface area contributed by atoms with Gasteiger partial charge in [0.1, 0.15) is 29.5 Å². The van der Waals surface area contributed by atoms with Gasteiger partial charge in [0.2, 0.25) is 5.88 Å². The lowest BCUT2D eigenvalue weighted by atomic mass is 10.2. The number of nitrogens with one attached hydrogen (secondary N) is 1. The first-order valence-corrected chi connectivity index (χ1v) is 10.5. The van der Waals surface area contributed by atoms with Crippen molar-refractivity contribution < 1.29 is 13.9 Å². The molecule has 0 bridgehead atoms. The maximum atomic E-state index is 13.1. The van der Waals surface area contributed by atoms with Crippen LogP contribution in [0.3, 0.4) is 0 Å². The van der Waals surface area contributed by atoms with Gasteiger partial charge >= 0.3 is 0 Å². The first kappa shape index (κ1) is 20.6. The molecule has 0 saturated heterocycles. The molecule has 4 rings (SSSR count). The van der Waals surface area contributed by atoms with Crippen LogP contribution in [-0.2, 0) is 13.0 Å². The molecule has 156 valence electrons. The Hall–Kier alpha value is -3.65. The normalized spacial score (nSPS) is 10.6. The van der Waals surface area contributed by atoms with E-state index in [-0.39, 0.29) is 17.4 Å². The number of halogens is 1. The molecule has 31 heavy (non-hydrogen) atoms. The van der Waals surface area contributed by atoms with Crippen LogP contribution in [0.4, 0.5) is 4.39 Å². The van der Waals surface area contributed by atoms with E-state index in [1.807, 2.05) is 35.7 Å². The van der Waals surface area contributed by atoms with Crippen LogP contribution in [0, 0.1) is 5.82 Å². The van der Waals surface area contributed by atoms with Gasteiger partial charge in [-0.2, -0.15) is 0 Å². The van der Waals surface area contributed by atoms with Crippen molar-refractivity contribution in [1.82, 2.24) is 20.3 Å². The van der Waals surface area contributed by atoms with E-state index in [9.17, 15) is 9.18 Å². The summed E-state index contributed by atoms with van der Waals surface area (Å²) in [4.78, 5) is 25.0. The quantitative estimate of drug-likeness (QED) is 0.448. The molecule has 0 aliphatic rings. The third-order valence-electron chi connectivity index (χ3n) is 4.41. The van der Waals surface area contributed by atoms with Gasteiger partial charge in [0.15, 0.2) is 0 Å². The van der Waals surface area contributed by atoms with Crippen LogP contribution in [0.15, 0.2) is 72.4 Å². The molecule has 0 fully saturated rings. The molecular formula is C23H19FN4O2S. The molecule has 1 amide bonds. The number of ether oxygens (including phenoxy) is 1. The van der Waals surface area contributed by atoms with Crippen molar-refractivity contribution in [3.63, 3.8) is 0 Å². The molecule has 2 heterocycles. The Labute approximate surface area is 182 Å². The predicted molar refractivity (Wildman–Crippen MR) is 116 cm³/mol. The molecule has 2 aromatic carbocycles. The molecule has 6 nitrogen and oxygen atoms in total.